The maximum Gasteiger partial charge on any atom is 0.186 e. The van der Waals surface area contributed by atoms with E-state index < -0.39 is 0 Å². The van der Waals surface area contributed by atoms with E-state index in [0.717, 1.165) is 26.1 Å². The lowest BCUT2D eigenvalue weighted by atomic mass is 9.82. The van der Waals surface area contributed by atoms with Crippen LogP contribution in [0.4, 0.5) is 0 Å². The fourth-order valence-electron chi connectivity index (χ4n) is 3.06. The number of likely N-dealkylation sites (N-methyl/N-ethyl adjacent to an activating group) is 1. The maximum atomic E-state index is 12.4. The second-order valence-corrected chi connectivity index (χ2v) is 5.42. The third-order valence-electron chi connectivity index (χ3n) is 4.22. The summed E-state index contributed by atoms with van der Waals surface area (Å²) < 4.78 is 7.26. The van der Waals surface area contributed by atoms with Gasteiger partial charge >= 0.3 is 0 Å². The largest absolute Gasteiger partial charge is 0.378 e. The van der Waals surface area contributed by atoms with E-state index in [9.17, 15) is 4.79 Å². The number of nitrogens with zero attached hydrogens (tertiary/aromatic N) is 3. The van der Waals surface area contributed by atoms with Crippen LogP contribution < -0.4 is 0 Å². The third-order valence-corrected chi connectivity index (χ3v) is 4.22. The van der Waals surface area contributed by atoms with Gasteiger partial charge in [0.25, 0.3) is 0 Å². The summed E-state index contributed by atoms with van der Waals surface area (Å²) in [7, 11) is 3.98. The van der Waals surface area contributed by atoms with Gasteiger partial charge in [0.2, 0.25) is 0 Å². The first kappa shape index (κ1) is 11.9. The highest BCUT2D eigenvalue weighted by molar-refractivity contribution is 5.96. The van der Waals surface area contributed by atoms with Crippen LogP contribution in [0.15, 0.2) is 12.3 Å². The van der Waals surface area contributed by atoms with E-state index in [0.29, 0.717) is 17.8 Å². The smallest absolute Gasteiger partial charge is 0.186 e. The van der Waals surface area contributed by atoms with E-state index in [4.69, 9.17) is 4.74 Å². The molecule has 0 aliphatic carbocycles. The average Bonchev–Trinajstić information content (AvgIpc) is 2.74. The zero-order valence-electron chi connectivity index (χ0n) is 10.9. The molecule has 2 saturated heterocycles. The molecule has 1 aromatic rings. The number of carbonyl (C=O) groups is 1. The zero-order chi connectivity index (χ0) is 12.7. The van der Waals surface area contributed by atoms with Gasteiger partial charge in [-0.2, -0.15) is 5.10 Å². The fourth-order valence-corrected chi connectivity index (χ4v) is 3.06. The summed E-state index contributed by atoms with van der Waals surface area (Å²) >= 11 is 0. The topological polar surface area (TPSA) is 47.4 Å². The molecule has 1 aromatic heterocycles. The highest BCUT2D eigenvalue weighted by Gasteiger charge is 2.39. The van der Waals surface area contributed by atoms with Gasteiger partial charge in [0, 0.05) is 31.2 Å². The minimum absolute atomic E-state index is 0.106. The molecule has 3 heterocycles. The summed E-state index contributed by atoms with van der Waals surface area (Å²) in [6.07, 6.45) is 3.61. The van der Waals surface area contributed by atoms with Crippen LogP contribution in [-0.4, -0.2) is 52.8 Å². The standard InChI is InChI=1S/C13H19N3O2/c1-15-4-3-12(14-15)13(17)9-5-10-7-18-8-11(6-9)16(10)2/h3-4,9-11H,5-8H2,1-2H3. The Balaban J connectivity index is 1.76. The molecule has 2 bridgehead atoms. The van der Waals surface area contributed by atoms with Crippen LogP contribution in [0, 0.1) is 5.92 Å². The molecular formula is C13H19N3O2. The van der Waals surface area contributed by atoms with Crippen molar-refractivity contribution < 1.29 is 9.53 Å². The van der Waals surface area contributed by atoms with Gasteiger partial charge in [0.1, 0.15) is 5.69 Å². The molecule has 2 aliphatic heterocycles. The van der Waals surface area contributed by atoms with Crippen molar-refractivity contribution in [2.45, 2.75) is 24.9 Å². The molecule has 5 heteroatoms. The number of fused-ring (bicyclic) bond motifs is 2. The van der Waals surface area contributed by atoms with Crippen molar-refractivity contribution in [3.05, 3.63) is 18.0 Å². The van der Waals surface area contributed by atoms with Gasteiger partial charge in [0.05, 0.1) is 13.2 Å². The second kappa shape index (κ2) is 4.48. The monoisotopic (exact) mass is 249 g/mol. The first-order chi connectivity index (χ1) is 8.65. The summed E-state index contributed by atoms with van der Waals surface area (Å²) in [6, 6.07) is 2.58. The number of carbonyl (C=O) groups excluding carboxylic acids is 1. The number of hydrogen-bond donors (Lipinski definition) is 0. The number of aryl methyl sites for hydroxylation is 1. The van der Waals surface area contributed by atoms with E-state index in [1.54, 1.807) is 4.68 Å². The summed E-state index contributed by atoms with van der Waals surface area (Å²) in [4.78, 5) is 14.8. The Morgan fingerprint density at radius 3 is 2.56 bits per heavy atom. The Morgan fingerprint density at radius 1 is 1.33 bits per heavy atom. The molecule has 0 radical (unpaired) electrons. The summed E-state index contributed by atoms with van der Waals surface area (Å²) in [5.74, 6) is 0.301. The Hall–Kier alpha value is -1.20. The van der Waals surface area contributed by atoms with E-state index in [1.165, 1.54) is 0 Å². The summed E-state index contributed by atoms with van der Waals surface area (Å²) in [5.41, 5.74) is 0.603. The molecule has 0 spiro atoms. The van der Waals surface area contributed by atoms with Crippen molar-refractivity contribution >= 4 is 5.78 Å². The molecule has 3 rings (SSSR count). The number of ether oxygens (including phenoxy) is 1. The Labute approximate surface area is 107 Å². The molecule has 0 amide bonds. The van der Waals surface area contributed by atoms with Crippen LogP contribution in [0.1, 0.15) is 23.3 Å². The lowest BCUT2D eigenvalue weighted by molar-refractivity contribution is -0.0703. The van der Waals surface area contributed by atoms with E-state index >= 15 is 0 Å². The van der Waals surface area contributed by atoms with E-state index in [1.807, 2.05) is 19.3 Å². The summed E-state index contributed by atoms with van der Waals surface area (Å²) in [5, 5.41) is 4.22. The fraction of sp³-hybridized carbons (Fsp3) is 0.692. The average molecular weight is 249 g/mol. The predicted molar refractivity (Wildman–Crippen MR) is 66.4 cm³/mol. The number of morpholine rings is 1. The van der Waals surface area contributed by atoms with Gasteiger partial charge in [-0.1, -0.05) is 0 Å². The van der Waals surface area contributed by atoms with Crippen LogP contribution in [0.3, 0.4) is 0 Å². The first-order valence-electron chi connectivity index (χ1n) is 6.48. The van der Waals surface area contributed by atoms with Crippen molar-refractivity contribution in [3.8, 4) is 0 Å². The van der Waals surface area contributed by atoms with Crippen LogP contribution in [0.2, 0.25) is 0 Å². The lowest BCUT2D eigenvalue weighted by Gasteiger charge is -2.46. The van der Waals surface area contributed by atoms with Crippen molar-refractivity contribution in [2.75, 3.05) is 20.3 Å². The molecule has 0 N–H and O–H groups in total. The van der Waals surface area contributed by atoms with Crippen molar-refractivity contribution in [1.29, 1.82) is 0 Å². The Morgan fingerprint density at radius 2 is 2.00 bits per heavy atom. The molecule has 98 valence electrons. The zero-order valence-corrected chi connectivity index (χ0v) is 10.9. The SMILES string of the molecule is CN1C2COCC1CC(C(=O)c1ccn(C)n1)C2. The van der Waals surface area contributed by atoms with Gasteiger partial charge in [-0.3, -0.25) is 14.4 Å². The van der Waals surface area contributed by atoms with Crippen LogP contribution >= 0.6 is 0 Å². The molecule has 5 nitrogen and oxygen atoms in total. The first-order valence-corrected chi connectivity index (χ1v) is 6.48. The normalized spacial score (nSPS) is 32.4. The van der Waals surface area contributed by atoms with E-state index in [-0.39, 0.29) is 11.7 Å². The van der Waals surface area contributed by atoms with Crippen molar-refractivity contribution in [3.63, 3.8) is 0 Å². The third kappa shape index (κ3) is 1.97. The Bertz CT molecular complexity index is 443. The molecule has 0 saturated carbocycles. The minimum Gasteiger partial charge on any atom is -0.378 e. The minimum atomic E-state index is 0.106. The van der Waals surface area contributed by atoms with Crippen LogP contribution in [-0.2, 0) is 11.8 Å². The van der Waals surface area contributed by atoms with Gasteiger partial charge in [-0.05, 0) is 26.0 Å². The van der Waals surface area contributed by atoms with Gasteiger partial charge in [-0.15, -0.1) is 0 Å². The van der Waals surface area contributed by atoms with E-state index in [2.05, 4.69) is 17.0 Å². The number of ketones is 1. The van der Waals surface area contributed by atoms with Gasteiger partial charge in [-0.25, -0.2) is 0 Å². The molecule has 2 atom stereocenters. The maximum absolute atomic E-state index is 12.4. The second-order valence-electron chi connectivity index (χ2n) is 5.42. The van der Waals surface area contributed by atoms with Crippen molar-refractivity contribution in [1.82, 2.24) is 14.7 Å². The highest BCUT2D eigenvalue weighted by atomic mass is 16.5. The molecule has 2 aliphatic rings. The number of hydrogen-bond acceptors (Lipinski definition) is 4. The highest BCUT2D eigenvalue weighted by Crippen LogP contribution is 2.31. The number of rotatable bonds is 2. The van der Waals surface area contributed by atoms with Crippen LogP contribution in [0.5, 0.6) is 0 Å². The summed E-state index contributed by atoms with van der Waals surface area (Å²) in [6.45, 7) is 1.50. The van der Waals surface area contributed by atoms with Crippen molar-refractivity contribution in [2.24, 2.45) is 13.0 Å². The van der Waals surface area contributed by atoms with Crippen LogP contribution in [0.25, 0.3) is 0 Å². The molecular weight excluding hydrogens is 230 g/mol. The predicted octanol–water partition coefficient (Wildman–Crippen LogP) is 0.712. The number of Topliss-reactive ketones (excluding diaryl/α,β-unsaturated/α-hetero) is 1. The number of piperidine rings is 1. The lowest BCUT2D eigenvalue weighted by Crippen LogP contribution is -2.55. The molecule has 2 fully saturated rings. The number of aromatic nitrogens is 2. The van der Waals surface area contributed by atoms with Gasteiger partial charge < -0.3 is 4.74 Å². The molecule has 2 unspecified atom stereocenters. The Kier molecular flexibility index (Phi) is 2.95. The molecule has 0 aromatic carbocycles. The van der Waals surface area contributed by atoms with Gasteiger partial charge in [0.15, 0.2) is 5.78 Å². The quantitative estimate of drug-likeness (QED) is 0.724. The molecule has 18 heavy (non-hydrogen) atoms.